The fraction of sp³-hybridized carbons (Fsp3) is 0.316. The summed E-state index contributed by atoms with van der Waals surface area (Å²) in [6, 6.07) is 8.06. The molecule has 1 aromatic carbocycles. The number of aromatic nitrogens is 3. The number of nitrogens with one attached hydrogen (secondary N) is 1. The Morgan fingerprint density at radius 2 is 2.04 bits per heavy atom. The molecule has 1 amide bonds. The van der Waals surface area contributed by atoms with Gasteiger partial charge in [-0.1, -0.05) is 43.3 Å². The molecule has 0 fully saturated rings. The molecule has 2 heterocycles. The van der Waals surface area contributed by atoms with E-state index in [4.69, 9.17) is 4.52 Å². The second-order valence-corrected chi connectivity index (χ2v) is 6.35. The van der Waals surface area contributed by atoms with Gasteiger partial charge in [0.25, 0.3) is 5.91 Å². The van der Waals surface area contributed by atoms with E-state index in [1.165, 1.54) is 0 Å². The van der Waals surface area contributed by atoms with Gasteiger partial charge in [-0.05, 0) is 18.1 Å². The maximum absolute atomic E-state index is 12.6. The molecule has 0 aliphatic heterocycles. The van der Waals surface area contributed by atoms with Crippen molar-refractivity contribution in [3.63, 3.8) is 0 Å². The fourth-order valence-electron chi connectivity index (χ4n) is 2.78. The lowest BCUT2D eigenvalue weighted by molar-refractivity contribution is 0.0947. The number of benzene rings is 1. The highest BCUT2D eigenvalue weighted by Gasteiger charge is 2.22. The molecule has 0 saturated carbocycles. The molecule has 0 atom stereocenters. The van der Waals surface area contributed by atoms with Crippen LogP contribution in [0.1, 0.15) is 52.7 Å². The Balaban J connectivity index is 1.74. The van der Waals surface area contributed by atoms with E-state index < -0.39 is 0 Å². The number of carbonyl (C=O) groups excluding carboxylic acids is 1. The van der Waals surface area contributed by atoms with Crippen molar-refractivity contribution in [1.82, 2.24) is 20.0 Å². The normalized spacial score (nSPS) is 11.0. The Morgan fingerprint density at radius 3 is 2.72 bits per heavy atom. The average molecular weight is 338 g/mol. The molecule has 0 bridgehead atoms. The van der Waals surface area contributed by atoms with Crippen molar-refractivity contribution >= 4 is 5.91 Å². The van der Waals surface area contributed by atoms with Crippen LogP contribution in [0.15, 0.2) is 47.5 Å². The summed E-state index contributed by atoms with van der Waals surface area (Å²) in [7, 11) is 0. The van der Waals surface area contributed by atoms with Crippen molar-refractivity contribution in [2.45, 2.75) is 39.8 Å². The van der Waals surface area contributed by atoms with E-state index in [0.29, 0.717) is 23.6 Å². The number of nitrogens with zero attached hydrogens (tertiary/aromatic N) is 3. The van der Waals surface area contributed by atoms with E-state index >= 15 is 0 Å². The van der Waals surface area contributed by atoms with Crippen molar-refractivity contribution < 1.29 is 9.32 Å². The third kappa shape index (κ3) is 3.79. The van der Waals surface area contributed by atoms with E-state index in [0.717, 1.165) is 17.7 Å². The number of amides is 1. The molecule has 3 aromatic rings. The number of rotatable bonds is 6. The van der Waals surface area contributed by atoms with Crippen LogP contribution >= 0.6 is 0 Å². The summed E-state index contributed by atoms with van der Waals surface area (Å²) >= 11 is 0. The van der Waals surface area contributed by atoms with E-state index in [2.05, 4.69) is 21.5 Å². The lowest BCUT2D eigenvalue weighted by Crippen LogP contribution is -2.25. The van der Waals surface area contributed by atoms with Gasteiger partial charge >= 0.3 is 0 Å². The standard InChI is InChI=1S/C19H22N4O2/c1-13(2)18-17(14(3)22-25-18)19(24)21-10-15-6-4-5-7-16(15)11-23-9-8-20-12-23/h4-9,12-13H,10-11H2,1-3H3,(H,21,24). The highest BCUT2D eigenvalue weighted by molar-refractivity contribution is 5.96. The maximum atomic E-state index is 12.6. The second-order valence-electron chi connectivity index (χ2n) is 6.35. The molecule has 0 aliphatic carbocycles. The minimum Gasteiger partial charge on any atom is -0.360 e. The molecule has 25 heavy (non-hydrogen) atoms. The number of imidazole rings is 1. The molecular formula is C19H22N4O2. The van der Waals surface area contributed by atoms with Gasteiger partial charge in [0.05, 0.1) is 12.0 Å². The fourth-order valence-corrected chi connectivity index (χ4v) is 2.78. The van der Waals surface area contributed by atoms with E-state index in [1.807, 2.05) is 42.8 Å². The van der Waals surface area contributed by atoms with Gasteiger partial charge in [-0.25, -0.2) is 4.98 Å². The summed E-state index contributed by atoms with van der Waals surface area (Å²) in [5.41, 5.74) is 3.38. The van der Waals surface area contributed by atoms with Gasteiger partial charge in [0, 0.05) is 31.4 Å². The van der Waals surface area contributed by atoms with Crippen molar-refractivity contribution in [1.29, 1.82) is 0 Å². The molecule has 6 heteroatoms. The Labute approximate surface area is 146 Å². The first-order valence-corrected chi connectivity index (χ1v) is 8.33. The van der Waals surface area contributed by atoms with Crippen LogP contribution in [0.3, 0.4) is 0 Å². The third-order valence-electron chi connectivity index (χ3n) is 4.11. The van der Waals surface area contributed by atoms with Crippen LogP contribution in [0.25, 0.3) is 0 Å². The van der Waals surface area contributed by atoms with Gasteiger partial charge in [0.15, 0.2) is 5.76 Å². The predicted molar refractivity (Wildman–Crippen MR) is 94.3 cm³/mol. The predicted octanol–water partition coefficient (Wildman–Crippen LogP) is 3.28. The molecule has 0 unspecified atom stereocenters. The van der Waals surface area contributed by atoms with Crippen LogP contribution in [0.2, 0.25) is 0 Å². The van der Waals surface area contributed by atoms with Crippen LogP contribution in [0.4, 0.5) is 0 Å². The first-order chi connectivity index (χ1) is 12.1. The van der Waals surface area contributed by atoms with Crippen LogP contribution < -0.4 is 5.32 Å². The molecule has 0 spiro atoms. The summed E-state index contributed by atoms with van der Waals surface area (Å²) in [5.74, 6) is 0.581. The molecule has 130 valence electrons. The molecule has 3 rings (SSSR count). The topological polar surface area (TPSA) is 73.0 Å². The van der Waals surface area contributed by atoms with E-state index in [-0.39, 0.29) is 11.8 Å². The van der Waals surface area contributed by atoms with Crippen LogP contribution in [0.5, 0.6) is 0 Å². The zero-order chi connectivity index (χ0) is 17.8. The summed E-state index contributed by atoms with van der Waals surface area (Å²) in [6.45, 7) is 6.92. The Bertz CT molecular complexity index is 850. The van der Waals surface area contributed by atoms with Crippen LogP contribution in [0, 0.1) is 6.92 Å². The largest absolute Gasteiger partial charge is 0.360 e. The van der Waals surface area contributed by atoms with Gasteiger partial charge in [0.2, 0.25) is 0 Å². The van der Waals surface area contributed by atoms with E-state index in [9.17, 15) is 4.79 Å². The Kier molecular flexibility index (Phi) is 4.97. The Morgan fingerprint density at radius 1 is 1.28 bits per heavy atom. The summed E-state index contributed by atoms with van der Waals surface area (Å²) in [6.07, 6.45) is 5.46. The molecular weight excluding hydrogens is 316 g/mol. The number of hydrogen-bond donors (Lipinski definition) is 1. The zero-order valence-corrected chi connectivity index (χ0v) is 14.7. The third-order valence-corrected chi connectivity index (χ3v) is 4.11. The quantitative estimate of drug-likeness (QED) is 0.748. The van der Waals surface area contributed by atoms with Gasteiger partial charge in [-0.15, -0.1) is 0 Å². The average Bonchev–Trinajstić information content (AvgIpc) is 3.23. The smallest absolute Gasteiger partial charge is 0.257 e. The molecule has 0 radical (unpaired) electrons. The van der Waals surface area contributed by atoms with E-state index in [1.54, 1.807) is 19.4 Å². The number of carbonyl (C=O) groups is 1. The van der Waals surface area contributed by atoms with Crippen molar-refractivity contribution in [2.75, 3.05) is 0 Å². The van der Waals surface area contributed by atoms with Crippen molar-refractivity contribution in [3.05, 3.63) is 71.1 Å². The van der Waals surface area contributed by atoms with Crippen molar-refractivity contribution in [2.24, 2.45) is 0 Å². The lowest BCUT2D eigenvalue weighted by atomic mass is 10.0. The van der Waals surface area contributed by atoms with Gasteiger partial charge < -0.3 is 14.4 Å². The highest BCUT2D eigenvalue weighted by Crippen LogP contribution is 2.22. The minimum absolute atomic E-state index is 0.107. The SMILES string of the molecule is Cc1noc(C(C)C)c1C(=O)NCc1ccccc1Cn1ccnc1. The zero-order valence-electron chi connectivity index (χ0n) is 14.7. The minimum atomic E-state index is -0.153. The molecule has 0 aliphatic rings. The first kappa shape index (κ1) is 17.0. The lowest BCUT2D eigenvalue weighted by Gasteiger charge is -2.12. The summed E-state index contributed by atoms with van der Waals surface area (Å²) < 4.78 is 7.30. The highest BCUT2D eigenvalue weighted by atomic mass is 16.5. The monoisotopic (exact) mass is 338 g/mol. The summed E-state index contributed by atoms with van der Waals surface area (Å²) in [5, 5.41) is 6.93. The molecule has 6 nitrogen and oxygen atoms in total. The number of hydrogen-bond acceptors (Lipinski definition) is 4. The molecule has 1 N–H and O–H groups in total. The van der Waals surface area contributed by atoms with Crippen molar-refractivity contribution in [3.8, 4) is 0 Å². The van der Waals surface area contributed by atoms with Gasteiger partial charge in [0.1, 0.15) is 5.56 Å². The first-order valence-electron chi connectivity index (χ1n) is 8.33. The molecule has 0 saturated heterocycles. The van der Waals surface area contributed by atoms with Gasteiger partial charge in [-0.3, -0.25) is 4.79 Å². The summed E-state index contributed by atoms with van der Waals surface area (Å²) in [4.78, 5) is 16.7. The Hall–Kier alpha value is -2.89. The number of aryl methyl sites for hydroxylation is 1. The second kappa shape index (κ2) is 7.34. The van der Waals surface area contributed by atoms with Crippen LogP contribution in [-0.4, -0.2) is 20.6 Å². The van der Waals surface area contributed by atoms with Gasteiger partial charge in [-0.2, -0.15) is 0 Å². The van der Waals surface area contributed by atoms with Crippen LogP contribution in [-0.2, 0) is 13.1 Å². The maximum Gasteiger partial charge on any atom is 0.257 e. The molecule has 2 aromatic heterocycles.